The summed E-state index contributed by atoms with van der Waals surface area (Å²) in [6.07, 6.45) is 5.06. The Bertz CT molecular complexity index is 1410. The van der Waals surface area contributed by atoms with Crippen molar-refractivity contribution in [1.29, 1.82) is 0 Å². The lowest BCUT2D eigenvalue weighted by Gasteiger charge is -2.25. The van der Waals surface area contributed by atoms with Crippen LogP contribution in [0.5, 0.6) is 5.75 Å². The summed E-state index contributed by atoms with van der Waals surface area (Å²) in [7, 11) is 0. The van der Waals surface area contributed by atoms with Gasteiger partial charge in [-0.2, -0.15) is 10.2 Å². The summed E-state index contributed by atoms with van der Waals surface area (Å²) in [6.45, 7) is 4.86. The van der Waals surface area contributed by atoms with Gasteiger partial charge in [0.1, 0.15) is 11.3 Å². The number of nitrogens with zero attached hydrogens (tertiary/aromatic N) is 3. The molecule has 0 aliphatic carbocycles. The van der Waals surface area contributed by atoms with Crippen molar-refractivity contribution in [2.24, 2.45) is 10.2 Å². The zero-order chi connectivity index (χ0) is 22.4. The van der Waals surface area contributed by atoms with Gasteiger partial charge in [-0.15, -0.1) is 0 Å². The summed E-state index contributed by atoms with van der Waals surface area (Å²) in [5.74, 6) is 0.843. The van der Waals surface area contributed by atoms with Crippen molar-refractivity contribution in [1.82, 2.24) is 4.57 Å². The Labute approximate surface area is 193 Å². The lowest BCUT2D eigenvalue weighted by molar-refractivity contribution is -0.105. The van der Waals surface area contributed by atoms with E-state index in [1.165, 1.54) is 10.8 Å². The minimum Gasteiger partial charge on any atom is -0.463 e. The fraction of sp³-hybridized carbons (Fsp3) is 0.286. The SMILES string of the molecule is CC1=CC(C)(c2ccccc2-n2c3ccccc3c3cccc(OC4CCCCO4)c32)N=N1. The van der Waals surface area contributed by atoms with Crippen molar-refractivity contribution >= 4 is 21.8 Å². The number of allylic oxidation sites excluding steroid dienone is 1. The number of ether oxygens (including phenoxy) is 2. The van der Waals surface area contributed by atoms with Gasteiger partial charge < -0.3 is 14.0 Å². The van der Waals surface area contributed by atoms with Gasteiger partial charge in [0, 0.05) is 22.8 Å². The van der Waals surface area contributed by atoms with Gasteiger partial charge in [0.15, 0.2) is 6.29 Å². The van der Waals surface area contributed by atoms with E-state index in [4.69, 9.17) is 9.47 Å². The summed E-state index contributed by atoms with van der Waals surface area (Å²) in [6, 6.07) is 23.3. The van der Waals surface area contributed by atoms with Crippen LogP contribution in [0.1, 0.15) is 38.7 Å². The number of hydrogen-bond acceptors (Lipinski definition) is 4. The molecule has 0 spiro atoms. The zero-order valence-electron chi connectivity index (χ0n) is 19.0. The molecule has 2 aliphatic rings. The highest BCUT2D eigenvalue weighted by Crippen LogP contribution is 2.42. The topological polar surface area (TPSA) is 48.1 Å². The molecule has 2 atom stereocenters. The Balaban J connectivity index is 1.63. The molecule has 2 unspecified atom stereocenters. The molecular formula is C28H27N3O2. The van der Waals surface area contributed by atoms with Gasteiger partial charge in [0.05, 0.1) is 29.0 Å². The number of hydrogen-bond donors (Lipinski definition) is 0. The number of para-hydroxylation sites is 3. The van der Waals surface area contributed by atoms with Crippen LogP contribution in [-0.2, 0) is 10.3 Å². The van der Waals surface area contributed by atoms with Crippen molar-refractivity contribution in [2.45, 2.75) is 44.9 Å². The number of rotatable bonds is 4. The molecular weight excluding hydrogens is 410 g/mol. The van der Waals surface area contributed by atoms with Crippen LogP contribution in [-0.4, -0.2) is 17.5 Å². The van der Waals surface area contributed by atoms with Crippen molar-refractivity contribution < 1.29 is 9.47 Å². The number of fused-ring (bicyclic) bond motifs is 3. The second kappa shape index (κ2) is 7.85. The van der Waals surface area contributed by atoms with Crippen LogP contribution in [0.3, 0.4) is 0 Å². The first kappa shape index (κ1) is 20.2. The summed E-state index contributed by atoms with van der Waals surface area (Å²) >= 11 is 0. The lowest BCUT2D eigenvalue weighted by atomic mass is 9.91. The van der Waals surface area contributed by atoms with Crippen LogP contribution in [0.25, 0.3) is 27.5 Å². The molecule has 0 amide bonds. The Morgan fingerprint density at radius 1 is 0.970 bits per heavy atom. The first-order valence-corrected chi connectivity index (χ1v) is 11.7. The van der Waals surface area contributed by atoms with Crippen LogP contribution in [0.2, 0.25) is 0 Å². The molecule has 1 aromatic heterocycles. The van der Waals surface area contributed by atoms with Crippen molar-refractivity contribution in [3.63, 3.8) is 0 Å². The second-order valence-electron chi connectivity index (χ2n) is 9.07. The maximum absolute atomic E-state index is 6.47. The maximum Gasteiger partial charge on any atom is 0.199 e. The molecule has 5 heteroatoms. The molecule has 3 aromatic carbocycles. The molecule has 33 heavy (non-hydrogen) atoms. The first-order valence-electron chi connectivity index (χ1n) is 11.7. The smallest absolute Gasteiger partial charge is 0.199 e. The Morgan fingerprint density at radius 2 is 1.79 bits per heavy atom. The highest BCUT2D eigenvalue weighted by atomic mass is 16.7. The predicted molar refractivity (Wildman–Crippen MR) is 131 cm³/mol. The van der Waals surface area contributed by atoms with Gasteiger partial charge in [-0.25, -0.2) is 0 Å². The van der Waals surface area contributed by atoms with E-state index in [9.17, 15) is 0 Å². The van der Waals surface area contributed by atoms with Crippen molar-refractivity contribution in [3.05, 3.63) is 84.1 Å². The molecule has 166 valence electrons. The zero-order valence-corrected chi connectivity index (χ0v) is 19.0. The monoisotopic (exact) mass is 437 g/mol. The molecule has 3 heterocycles. The van der Waals surface area contributed by atoms with Crippen LogP contribution in [0.15, 0.2) is 88.7 Å². The predicted octanol–water partition coefficient (Wildman–Crippen LogP) is 7.27. The lowest BCUT2D eigenvalue weighted by Crippen LogP contribution is -2.25. The van der Waals surface area contributed by atoms with E-state index >= 15 is 0 Å². The van der Waals surface area contributed by atoms with Gasteiger partial charge in [-0.1, -0.05) is 48.5 Å². The van der Waals surface area contributed by atoms with E-state index in [1.54, 1.807) is 0 Å². The van der Waals surface area contributed by atoms with Crippen LogP contribution in [0, 0.1) is 0 Å². The van der Waals surface area contributed by atoms with E-state index < -0.39 is 5.54 Å². The largest absolute Gasteiger partial charge is 0.463 e. The van der Waals surface area contributed by atoms with E-state index in [0.717, 1.165) is 59.6 Å². The molecule has 5 nitrogen and oxygen atoms in total. The normalized spacial score (nSPS) is 22.7. The molecule has 4 aromatic rings. The second-order valence-corrected chi connectivity index (χ2v) is 9.07. The fourth-order valence-corrected chi connectivity index (χ4v) is 5.15. The van der Waals surface area contributed by atoms with Crippen molar-refractivity contribution in [3.8, 4) is 11.4 Å². The van der Waals surface area contributed by atoms with Gasteiger partial charge >= 0.3 is 0 Å². The van der Waals surface area contributed by atoms with E-state index in [2.05, 4.69) is 94.5 Å². The molecule has 0 saturated carbocycles. The van der Waals surface area contributed by atoms with Crippen LogP contribution >= 0.6 is 0 Å². The molecule has 0 bridgehead atoms. The highest BCUT2D eigenvalue weighted by Gasteiger charge is 2.32. The Hall–Kier alpha value is -3.44. The van der Waals surface area contributed by atoms with Crippen LogP contribution < -0.4 is 4.74 Å². The summed E-state index contributed by atoms with van der Waals surface area (Å²) in [5, 5.41) is 11.3. The Morgan fingerprint density at radius 3 is 2.61 bits per heavy atom. The third-order valence-electron chi connectivity index (χ3n) is 6.65. The van der Waals surface area contributed by atoms with E-state index in [1.807, 2.05) is 6.92 Å². The van der Waals surface area contributed by atoms with Crippen molar-refractivity contribution in [2.75, 3.05) is 6.61 Å². The maximum atomic E-state index is 6.47. The number of benzene rings is 3. The first-order chi connectivity index (χ1) is 16.1. The highest BCUT2D eigenvalue weighted by molar-refractivity contribution is 6.11. The molecule has 1 fully saturated rings. The van der Waals surface area contributed by atoms with Gasteiger partial charge in [0.2, 0.25) is 0 Å². The minimum atomic E-state index is -0.513. The summed E-state index contributed by atoms with van der Waals surface area (Å²) in [4.78, 5) is 0. The van der Waals surface area contributed by atoms with Gasteiger partial charge in [0.25, 0.3) is 0 Å². The molecule has 1 saturated heterocycles. The standard InChI is InChI=1S/C28H27N3O2/c1-19-18-28(2,30-29-19)22-12-4-6-14-24(22)31-23-13-5-3-10-20(23)21-11-9-15-25(27(21)31)33-26-16-7-8-17-32-26/h3-6,9-15,18,26H,7-8,16-17H2,1-2H3. The molecule has 6 rings (SSSR count). The van der Waals surface area contributed by atoms with Crippen LogP contribution in [0.4, 0.5) is 0 Å². The molecule has 0 N–H and O–H groups in total. The molecule has 0 radical (unpaired) electrons. The third kappa shape index (κ3) is 3.35. The molecule has 2 aliphatic heterocycles. The van der Waals surface area contributed by atoms with E-state index in [-0.39, 0.29) is 6.29 Å². The number of aromatic nitrogens is 1. The fourth-order valence-electron chi connectivity index (χ4n) is 5.15. The van der Waals surface area contributed by atoms with Gasteiger partial charge in [-0.05, 0) is 51.0 Å². The average molecular weight is 438 g/mol. The van der Waals surface area contributed by atoms with E-state index in [0.29, 0.717) is 0 Å². The Kier molecular flexibility index (Phi) is 4.80. The summed E-state index contributed by atoms with van der Waals surface area (Å²) < 4.78 is 14.7. The third-order valence-corrected chi connectivity index (χ3v) is 6.65. The number of azo groups is 1. The van der Waals surface area contributed by atoms with Gasteiger partial charge in [-0.3, -0.25) is 0 Å². The quantitative estimate of drug-likeness (QED) is 0.337. The average Bonchev–Trinajstić information content (AvgIpc) is 3.38. The minimum absolute atomic E-state index is 0.210. The summed E-state index contributed by atoms with van der Waals surface area (Å²) in [5.41, 5.74) is 4.81.